The van der Waals surface area contributed by atoms with Crippen molar-refractivity contribution in [2.45, 2.75) is 12.8 Å². The Hall–Kier alpha value is -2.40. The molecule has 0 spiro atoms. The Bertz CT molecular complexity index is 701. The van der Waals surface area contributed by atoms with Crippen LogP contribution in [0.2, 0.25) is 5.02 Å². The molecule has 0 fully saturated rings. The number of carboxylic acid groups (broad SMARTS) is 1. The zero-order valence-corrected chi connectivity index (χ0v) is 12.2. The summed E-state index contributed by atoms with van der Waals surface area (Å²) in [5, 5.41) is 11.0. The lowest BCUT2D eigenvalue weighted by molar-refractivity contribution is -0.136. The summed E-state index contributed by atoms with van der Waals surface area (Å²) in [5.41, 5.74) is 1.42. The van der Waals surface area contributed by atoms with Crippen molar-refractivity contribution in [3.05, 3.63) is 64.4 Å². The second-order valence-corrected chi connectivity index (χ2v) is 5.02. The molecule has 0 aromatic heterocycles. The molecule has 0 radical (unpaired) electrons. The number of hydrogen-bond acceptors (Lipinski definition) is 2. The van der Waals surface area contributed by atoms with Crippen LogP contribution in [0.25, 0.3) is 0 Å². The molecule has 4 nitrogen and oxygen atoms in total. The van der Waals surface area contributed by atoms with Gasteiger partial charge in [-0.05, 0) is 36.2 Å². The van der Waals surface area contributed by atoms with E-state index in [9.17, 15) is 14.0 Å². The molecule has 0 atom stereocenters. The lowest BCUT2D eigenvalue weighted by atomic mass is 10.1. The molecule has 0 aliphatic heterocycles. The molecule has 2 N–H and O–H groups in total. The van der Waals surface area contributed by atoms with Gasteiger partial charge in [-0.25, -0.2) is 4.39 Å². The van der Waals surface area contributed by atoms with Gasteiger partial charge >= 0.3 is 5.97 Å². The summed E-state index contributed by atoms with van der Waals surface area (Å²) in [6.45, 7) is 0. The quantitative estimate of drug-likeness (QED) is 0.881. The Kier molecular flexibility index (Phi) is 5.12. The second-order valence-electron chi connectivity index (χ2n) is 4.65. The van der Waals surface area contributed by atoms with Crippen LogP contribution < -0.4 is 5.32 Å². The predicted octanol–water partition coefficient (Wildman–Crippen LogP) is 3.75. The summed E-state index contributed by atoms with van der Waals surface area (Å²) in [6.07, 6.45) is 0.462. The van der Waals surface area contributed by atoms with E-state index in [0.717, 1.165) is 5.56 Å². The number of carboxylic acids is 1. The number of hydrogen-bond donors (Lipinski definition) is 2. The van der Waals surface area contributed by atoms with Crippen LogP contribution in [0.4, 0.5) is 10.1 Å². The summed E-state index contributed by atoms with van der Waals surface area (Å²) >= 11 is 5.76. The minimum absolute atomic E-state index is 0.0462. The molecule has 2 aromatic rings. The Balaban J connectivity index is 2.05. The summed E-state index contributed by atoms with van der Waals surface area (Å²) < 4.78 is 13.3. The van der Waals surface area contributed by atoms with Gasteiger partial charge < -0.3 is 10.4 Å². The van der Waals surface area contributed by atoms with Gasteiger partial charge in [-0.3, -0.25) is 9.59 Å². The maximum Gasteiger partial charge on any atom is 0.303 e. The van der Waals surface area contributed by atoms with Gasteiger partial charge in [0, 0.05) is 12.1 Å². The van der Waals surface area contributed by atoms with Gasteiger partial charge in [0.25, 0.3) is 5.91 Å². The number of aryl methyl sites for hydroxylation is 1. The number of rotatable bonds is 5. The first-order chi connectivity index (χ1) is 10.5. The number of nitrogens with one attached hydrogen (secondary N) is 1. The smallest absolute Gasteiger partial charge is 0.303 e. The molecular formula is C16H13ClFNO3. The van der Waals surface area contributed by atoms with Gasteiger partial charge in [-0.2, -0.15) is 0 Å². The fourth-order valence-corrected chi connectivity index (χ4v) is 2.10. The SMILES string of the molecule is O=C(O)CCc1ccc(NC(=O)c2cccc(F)c2Cl)cc1. The maximum absolute atomic E-state index is 13.3. The van der Waals surface area contributed by atoms with Crippen LogP contribution in [0.1, 0.15) is 22.3 Å². The topological polar surface area (TPSA) is 66.4 Å². The van der Waals surface area contributed by atoms with Gasteiger partial charge in [0.2, 0.25) is 0 Å². The minimum Gasteiger partial charge on any atom is -0.481 e. The number of benzene rings is 2. The molecule has 0 unspecified atom stereocenters. The van der Waals surface area contributed by atoms with Gasteiger partial charge in [0.1, 0.15) is 5.82 Å². The van der Waals surface area contributed by atoms with E-state index in [4.69, 9.17) is 16.7 Å². The van der Waals surface area contributed by atoms with E-state index >= 15 is 0 Å². The fourth-order valence-electron chi connectivity index (χ4n) is 1.88. The number of aliphatic carboxylic acids is 1. The molecule has 0 bridgehead atoms. The Labute approximate surface area is 131 Å². The number of anilines is 1. The molecule has 0 saturated heterocycles. The van der Waals surface area contributed by atoms with E-state index in [1.807, 2.05) is 0 Å². The molecule has 0 aliphatic rings. The predicted molar refractivity (Wildman–Crippen MR) is 81.8 cm³/mol. The molecule has 22 heavy (non-hydrogen) atoms. The highest BCUT2D eigenvalue weighted by atomic mass is 35.5. The van der Waals surface area contributed by atoms with E-state index in [2.05, 4.69) is 5.32 Å². The zero-order chi connectivity index (χ0) is 16.1. The van der Waals surface area contributed by atoms with Crippen LogP contribution in [-0.2, 0) is 11.2 Å². The third-order valence-corrected chi connectivity index (χ3v) is 3.42. The Morgan fingerprint density at radius 2 is 1.82 bits per heavy atom. The van der Waals surface area contributed by atoms with Crippen LogP contribution >= 0.6 is 11.6 Å². The molecule has 0 saturated carbocycles. The van der Waals surface area contributed by atoms with Gasteiger partial charge in [0.15, 0.2) is 0 Å². The van der Waals surface area contributed by atoms with Crippen molar-refractivity contribution in [2.75, 3.05) is 5.32 Å². The molecule has 0 aliphatic carbocycles. The highest BCUT2D eigenvalue weighted by Crippen LogP contribution is 2.21. The normalized spacial score (nSPS) is 10.3. The lowest BCUT2D eigenvalue weighted by Crippen LogP contribution is -2.13. The third-order valence-electron chi connectivity index (χ3n) is 3.04. The summed E-state index contributed by atoms with van der Waals surface area (Å²) in [6, 6.07) is 10.8. The van der Waals surface area contributed by atoms with Crippen LogP contribution in [0.15, 0.2) is 42.5 Å². The van der Waals surface area contributed by atoms with Crippen molar-refractivity contribution < 1.29 is 19.1 Å². The van der Waals surface area contributed by atoms with Crippen LogP contribution in [0, 0.1) is 5.82 Å². The number of amides is 1. The first-order valence-corrected chi connectivity index (χ1v) is 6.91. The minimum atomic E-state index is -0.863. The van der Waals surface area contributed by atoms with Crippen LogP contribution in [-0.4, -0.2) is 17.0 Å². The molecule has 2 rings (SSSR count). The summed E-state index contributed by atoms with van der Waals surface area (Å²) in [4.78, 5) is 22.5. The van der Waals surface area contributed by atoms with Crippen molar-refractivity contribution in [3.8, 4) is 0 Å². The number of halogens is 2. The molecular weight excluding hydrogens is 309 g/mol. The van der Waals surface area contributed by atoms with Crippen molar-refractivity contribution in [1.29, 1.82) is 0 Å². The van der Waals surface area contributed by atoms with E-state index in [0.29, 0.717) is 12.1 Å². The molecule has 2 aromatic carbocycles. The van der Waals surface area contributed by atoms with Gasteiger partial charge in [0.05, 0.1) is 10.6 Å². The van der Waals surface area contributed by atoms with Crippen molar-refractivity contribution >= 4 is 29.2 Å². The molecule has 0 heterocycles. The van der Waals surface area contributed by atoms with Crippen molar-refractivity contribution in [3.63, 3.8) is 0 Å². The standard InChI is InChI=1S/C16H13ClFNO3/c17-15-12(2-1-3-13(15)18)16(22)19-11-7-4-10(5-8-11)6-9-14(20)21/h1-5,7-8H,6,9H2,(H,19,22)(H,20,21). The van der Waals surface area contributed by atoms with Gasteiger partial charge in [-0.1, -0.05) is 29.8 Å². The highest BCUT2D eigenvalue weighted by Gasteiger charge is 2.13. The first-order valence-electron chi connectivity index (χ1n) is 6.53. The monoisotopic (exact) mass is 321 g/mol. The molecule has 6 heteroatoms. The van der Waals surface area contributed by atoms with E-state index in [-0.39, 0.29) is 17.0 Å². The van der Waals surface area contributed by atoms with E-state index in [1.54, 1.807) is 24.3 Å². The average molecular weight is 322 g/mol. The molecule has 1 amide bonds. The fraction of sp³-hybridized carbons (Fsp3) is 0.125. The van der Waals surface area contributed by atoms with E-state index in [1.165, 1.54) is 18.2 Å². The lowest BCUT2D eigenvalue weighted by Gasteiger charge is -2.08. The largest absolute Gasteiger partial charge is 0.481 e. The maximum atomic E-state index is 13.3. The van der Waals surface area contributed by atoms with Crippen molar-refractivity contribution in [2.24, 2.45) is 0 Å². The summed E-state index contributed by atoms with van der Waals surface area (Å²) in [7, 11) is 0. The highest BCUT2D eigenvalue weighted by molar-refractivity contribution is 6.34. The first kappa shape index (κ1) is 16.0. The average Bonchev–Trinajstić information content (AvgIpc) is 2.49. The van der Waals surface area contributed by atoms with E-state index < -0.39 is 17.7 Å². The summed E-state index contributed by atoms with van der Waals surface area (Å²) in [5.74, 6) is -2.03. The van der Waals surface area contributed by atoms with Crippen LogP contribution in [0.3, 0.4) is 0 Å². The Morgan fingerprint density at radius 3 is 2.45 bits per heavy atom. The van der Waals surface area contributed by atoms with Gasteiger partial charge in [-0.15, -0.1) is 0 Å². The zero-order valence-electron chi connectivity index (χ0n) is 11.5. The Morgan fingerprint density at radius 1 is 1.14 bits per heavy atom. The van der Waals surface area contributed by atoms with Crippen LogP contribution in [0.5, 0.6) is 0 Å². The third kappa shape index (κ3) is 4.05. The van der Waals surface area contributed by atoms with Crippen molar-refractivity contribution in [1.82, 2.24) is 0 Å². The molecule has 114 valence electrons. The second kappa shape index (κ2) is 7.04. The number of carbonyl (C=O) groups is 2. The number of carbonyl (C=O) groups excluding carboxylic acids is 1.